The molecule has 10 heteroatoms. The normalized spacial score (nSPS) is 18.9. The molecule has 1 aromatic carbocycles. The second kappa shape index (κ2) is 6.26. The van der Waals surface area contributed by atoms with Gasteiger partial charge in [0.05, 0.1) is 6.04 Å². The minimum absolute atomic E-state index is 0.0398. The minimum atomic E-state index is -5.67. The van der Waals surface area contributed by atoms with E-state index in [9.17, 15) is 26.4 Å². The molecule has 1 atom stereocenters. The summed E-state index contributed by atoms with van der Waals surface area (Å²) < 4.78 is 67.2. The van der Waals surface area contributed by atoms with Crippen LogP contribution in [0, 0.1) is 0 Å². The van der Waals surface area contributed by atoms with Crippen LogP contribution in [0.1, 0.15) is 12.5 Å². The van der Waals surface area contributed by atoms with Gasteiger partial charge in [-0.3, -0.25) is 0 Å². The Morgan fingerprint density at radius 3 is 2.39 bits per heavy atom. The molecule has 0 saturated carbocycles. The van der Waals surface area contributed by atoms with Crippen molar-refractivity contribution in [1.82, 2.24) is 4.90 Å². The highest BCUT2D eigenvalue weighted by Gasteiger charge is 2.48. The second-order valence-corrected chi connectivity index (χ2v) is 6.53. The Kier molecular flexibility index (Phi) is 4.73. The number of amides is 1. The first-order valence-electron chi connectivity index (χ1n) is 6.63. The zero-order valence-electron chi connectivity index (χ0n) is 12.0. The fourth-order valence-corrected chi connectivity index (χ4v) is 2.45. The van der Waals surface area contributed by atoms with Crippen molar-refractivity contribution in [2.75, 3.05) is 13.2 Å². The number of hydrogen-bond donors (Lipinski definition) is 0. The van der Waals surface area contributed by atoms with Crippen molar-refractivity contribution < 1.29 is 35.3 Å². The molecule has 0 spiro atoms. The van der Waals surface area contributed by atoms with E-state index in [1.54, 1.807) is 4.90 Å². The standard InChI is InChI=1S/C13H14F3NO5S/c1-9-8-21-12(18)17(9)7-6-10-2-4-11(5-3-10)22-23(19,20)13(14,15)16/h2-5,9H,6-8H2,1H3/t9-/m1/s1. The fourth-order valence-electron chi connectivity index (χ4n) is 1.99. The van der Waals surface area contributed by atoms with E-state index in [-0.39, 0.29) is 6.04 Å². The molecule has 1 amide bonds. The van der Waals surface area contributed by atoms with Gasteiger partial charge in [-0.2, -0.15) is 21.6 Å². The molecular formula is C13H14F3NO5S. The van der Waals surface area contributed by atoms with Crippen LogP contribution >= 0.6 is 0 Å². The van der Waals surface area contributed by atoms with Gasteiger partial charge in [-0.1, -0.05) is 12.1 Å². The molecule has 0 aromatic heterocycles. The van der Waals surface area contributed by atoms with E-state index in [2.05, 4.69) is 4.18 Å². The van der Waals surface area contributed by atoms with Gasteiger partial charge in [0.15, 0.2) is 0 Å². The molecule has 0 aliphatic carbocycles. The lowest BCUT2D eigenvalue weighted by Crippen LogP contribution is -2.33. The number of carbonyl (C=O) groups excluding carboxylic acids is 1. The average Bonchev–Trinajstić information content (AvgIpc) is 2.76. The van der Waals surface area contributed by atoms with Crippen molar-refractivity contribution >= 4 is 16.2 Å². The lowest BCUT2D eigenvalue weighted by Gasteiger charge is -2.17. The highest BCUT2D eigenvalue weighted by molar-refractivity contribution is 7.87. The summed E-state index contributed by atoms with van der Waals surface area (Å²) in [5, 5.41) is 0. The van der Waals surface area contributed by atoms with Crippen LogP contribution in [0.2, 0.25) is 0 Å². The van der Waals surface area contributed by atoms with E-state index in [1.807, 2.05) is 6.92 Å². The molecule has 23 heavy (non-hydrogen) atoms. The number of halogens is 3. The summed E-state index contributed by atoms with van der Waals surface area (Å²) >= 11 is 0. The Bertz CT molecular complexity index is 672. The topological polar surface area (TPSA) is 72.9 Å². The van der Waals surface area contributed by atoms with Crippen LogP contribution in [0.5, 0.6) is 5.75 Å². The van der Waals surface area contributed by atoms with Gasteiger partial charge >= 0.3 is 21.7 Å². The fraction of sp³-hybridized carbons (Fsp3) is 0.462. The van der Waals surface area contributed by atoms with Crippen LogP contribution in [-0.2, 0) is 21.3 Å². The summed E-state index contributed by atoms with van der Waals surface area (Å²) in [6.45, 7) is 2.55. The van der Waals surface area contributed by atoms with E-state index in [0.29, 0.717) is 25.1 Å². The molecule has 0 bridgehead atoms. The first-order chi connectivity index (χ1) is 10.6. The zero-order chi connectivity index (χ0) is 17.3. The highest BCUT2D eigenvalue weighted by atomic mass is 32.2. The lowest BCUT2D eigenvalue weighted by molar-refractivity contribution is -0.0500. The third-order valence-corrected chi connectivity index (χ3v) is 4.25. The first kappa shape index (κ1) is 17.4. The second-order valence-electron chi connectivity index (χ2n) is 5.00. The first-order valence-corrected chi connectivity index (χ1v) is 8.04. The van der Waals surface area contributed by atoms with Crippen LogP contribution in [0.15, 0.2) is 24.3 Å². The number of ether oxygens (including phenoxy) is 1. The molecule has 1 aromatic rings. The van der Waals surface area contributed by atoms with Crippen molar-refractivity contribution in [3.05, 3.63) is 29.8 Å². The zero-order valence-corrected chi connectivity index (χ0v) is 12.9. The monoisotopic (exact) mass is 353 g/mol. The molecule has 128 valence electrons. The van der Waals surface area contributed by atoms with Gasteiger partial charge in [-0.25, -0.2) is 4.79 Å². The predicted octanol–water partition coefficient (Wildman–Crippen LogP) is 2.30. The van der Waals surface area contributed by atoms with Gasteiger partial charge < -0.3 is 13.8 Å². The Balaban J connectivity index is 1.96. The SMILES string of the molecule is C[C@@H]1COC(=O)N1CCc1ccc(OS(=O)(=O)C(F)(F)F)cc1. The largest absolute Gasteiger partial charge is 0.534 e. The van der Waals surface area contributed by atoms with Gasteiger partial charge in [0.1, 0.15) is 12.4 Å². The molecule has 1 aliphatic heterocycles. The molecule has 1 fully saturated rings. The highest BCUT2D eigenvalue weighted by Crippen LogP contribution is 2.27. The van der Waals surface area contributed by atoms with Crippen LogP contribution in [-0.4, -0.2) is 44.1 Å². The number of benzene rings is 1. The van der Waals surface area contributed by atoms with Crippen LogP contribution in [0.25, 0.3) is 0 Å². The number of nitrogens with zero attached hydrogens (tertiary/aromatic N) is 1. The summed E-state index contributed by atoms with van der Waals surface area (Å²) in [5.41, 5.74) is -4.76. The van der Waals surface area contributed by atoms with Crippen molar-refractivity contribution in [3.63, 3.8) is 0 Å². The van der Waals surface area contributed by atoms with Crippen molar-refractivity contribution in [3.8, 4) is 5.75 Å². The van der Waals surface area contributed by atoms with Gasteiger partial charge in [0.2, 0.25) is 0 Å². The molecule has 1 saturated heterocycles. The van der Waals surface area contributed by atoms with Crippen LogP contribution < -0.4 is 4.18 Å². The number of alkyl halides is 3. The Labute approximate surface area is 130 Å². The number of carbonyl (C=O) groups is 1. The molecule has 2 rings (SSSR count). The Hall–Kier alpha value is -1.97. The Morgan fingerprint density at radius 2 is 1.91 bits per heavy atom. The summed E-state index contributed by atoms with van der Waals surface area (Å²) in [6, 6.07) is 5.09. The number of cyclic esters (lactones) is 1. The average molecular weight is 353 g/mol. The van der Waals surface area contributed by atoms with Crippen LogP contribution in [0.3, 0.4) is 0 Å². The Morgan fingerprint density at radius 1 is 1.30 bits per heavy atom. The molecule has 1 aliphatic rings. The molecular weight excluding hydrogens is 339 g/mol. The van der Waals surface area contributed by atoms with Crippen LogP contribution in [0.4, 0.5) is 18.0 Å². The van der Waals surface area contributed by atoms with E-state index in [0.717, 1.165) is 12.1 Å². The predicted molar refractivity (Wildman–Crippen MR) is 73.3 cm³/mol. The minimum Gasteiger partial charge on any atom is -0.447 e. The maximum absolute atomic E-state index is 12.2. The molecule has 0 radical (unpaired) electrons. The van der Waals surface area contributed by atoms with Crippen molar-refractivity contribution in [2.24, 2.45) is 0 Å². The van der Waals surface area contributed by atoms with Crippen molar-refractivity contribution in [1.29, 1.82) is 0 Å². The molecule has 0 unspecified atom stereocenters. The van der Waals surface area contributed by atoms with E-state index < -0.39 is 27.5 Å². The lowest BCUT2D eigenvalue weighted by atomic mass is 10.1. The van der Waals surface area contributed by atoms with Gasteiger partial charge in [-0.15, -0.1) is 0 Å². The summed E-state index contributed by atoms with van der Waals surface area (Å²) in [7, 11) is -5.67. The number of rotatable bonds is 5. The molecule has 6 nitrogen and oxygen atoms in total. The molecule has 1 heterocycles. The third kappa shape index (κ3) is 4.06. The van der Waals surface area contributed by atoms with E-state index >= 15 is 0 Å². The van der Waals surface area contributed by atoms with Gasteiger partial charge in [0.25, 0.3) is 0 Å². The maximum Gasteiger partial charge on any atom is 0.534 e. The third-order valence-electron chi connectivity index (χ3n) is 3.27. The van der Waals surface area contributed by atoms with Gasteiger partial charge in [-0.05, 0) is 31.0 Å². The summed E-state index contributed by atoms with van der Waals surface area (Å²) in [5.74, 6) is -0.431. The summed E-state index contributed by atoms with van der Waals surface area (Å²) in [4.78, 5) is 13.0. The summed E-state index contributed by atoms with van der Waals surface area (Å²) in [6.07, 6.45) is 0.0416. The maximum atomic E-state index is 12.2. The quantitative estimate of drug-likeness (QED) is 0.600. The van der Waals surface area contributed by atoms with E-state index in [4.69, 9.17) is 4.74 Å². The number of hydrogen-bond acceptors (Lipinski definition) is 5. The van der Waals surface area contributed by atoms with Crippen molar-refractivity contribution in [2.45, 2.75) is 24.9 Å². The smallest absolute Gasteiger partial charge is 0.447 e. The van der Waals surface area contributed by atoms with Gasteiger partial charge in [0, 0.05) is 6.54 Å². The van der Waals surface area contributed by atoms with E-state index in [1.165, 1.54) is 12.1 Å². The molecule has 0 N–H and O–H groups in total.